The van der Waals surface area contributed by atoms with Crippen molar-refractivity contribution >= 4 is 23.4 Å². The van der Waals surface area contributed by atoms with Crippen molar-refractivity contribution in [1.82, 2.24) is 9.80 Å². The monoisotopic (exact) mass is 411 g/mol. The molecular weight excluding hydrogens is 378 g/mol. The minimum absolute atomic E-state index is 0.0171. The molecule has 1 aromatic rings. The van der Waals surface area contributed by atoms with Crippen LogP contribution >= 0.6 is 0 Å². The maximum absolute atomic E-state index is 13.4. The van der Waals surface area contributed by atoms with E-state index in [2.05, 4.69) is 4.90 Å². The highest BCUT2D eigenvalue weighted by molar-refractivity contribution is 6.21. The third kappa shape index (κ3) is 4.43. The fraction of sp³-hybridized carbons (Fsp3) is 0.625. The first-order valence-electron chi connectivity index (χ1n) is 11.5. The Morgan fingerprint density at radius 1 is 1.00 bits per heavy atom. The Balaban J connectivity index is 1.51. The zero-order chi connectivity index (χ0) is 21.1. The third-order valence-electron chi connectivity index (χ3n) is 6.78. The lowest BCUT2D eigenvalue weighted by Crippen LogP contribution is -2.49. The summed E-state index contributed by atoms with van der Waals surface area (Å²) in [5, 5.41) is 0. The van der Waals surface area contributed by atoms with Crippen LogP contribution < -0.4 is 4.90 Å². The van der Waals surface area contributed by atoms with Gasteiger partial charge >= 0.3 is 0 Å². The number of benzene rings is 1. The van der Waals surface area contributed by atoms with Crippen molar-refractivity contribution in [3.8, 4) is 0 Å². The Hall–Kier alpha value is -2.21. The fourth-order valence-corrected chi connectivity index (χ4v) is 5.07. The lowest BCUT2D eigenvalue weighted by Gasteiger charge is -2.38. The molecule has 3 aliphatic heterocycles. The normalized spacial score (nSPS) is 26.2. The molecule has 30 heavy (non-hydrogen) atoms. The highest BCUT2D eigenvalue weighted by atomic mass is 16.2. The van der Waals surface area contributed by atoms with Gasteiger partial charge in [-0.15, -0.1) is 0 Å². The Kier molecular flexibility index (Phi) is 6.52. The molecule has 4 rings (SSSR count). The van der Waals surface area contributed by atoms with Gasteiger partial charge in [0.25, 0.3) is 5.91 Å². The topological polar surface area (TPSA) is 60.9 Å². The minimum Gasteiger partial charge on any atom is -0.334 e. The molecule has 6 heteroatoms. The molecule has 0 unspecified atom stereocenters. The third-order valence-corrected chi connectivity index (χ3v) is 6.78. The van der Waals surface area contributed by atoms with Crippen LogP contribution in [0.1, 0.15) is 68.6 Å². The average molecular weight is 412 g/mol. The van der Waals surface area contributed by atoms with E-state index in [4.69, 9.17) is 0 Å². The molecule has 0 bridgehead atoms. The molecule has 3 heterocycles. The molecule has 0 spiro atoms. The maximum Gasteiger partial charge on any atom is 0.254 e. The number of piperidine rings is 1. The molecule has 3 aliphatic rings. The number of likely N-dealkylation sites (tertiary alicyclic amines) is 2. The predicted molar refractivity (Wildman–Crippen MR) is 116 cm³/mol. The number of rotatable bonds is 4. The van der Waals surface area contributed by atoms with Crippen LogP contribution in [0, 0.1) is 5.92 Å². The number of imide groups is 1. The van der Waals surface area contributed by atoms with E-state index in [1.807, 2.05) is 4.90 Å². The van der Waals surface area contributed by atoms with Gasteiger partial charge in [-0.05, 0) is 63.4 Å². The zero-order valence-electron chi connectivity index (χ0n) is 18.0. The molecule has 6 nitrogen and oxygen atoms in total. The first-order chi connectivity index (χ1) is 14.5. The first kappa shape index (κ1) is 21.0. The van der Waals surface area contributed by atoms with Gasteiger partial charge in [-0.2, -0.15) is 0 Å². The summed E-state index contributed by atoms with van der Waals surface area (Å²) in [5.41, 5.74) is 1.08. The molecular formula is C24H33N3O3. The van der Waals surface area contributed by atoms with Crippen LogP contribution in [0.4, 0.5) is 5.69 Å². The van der Waals surface area contributed by atoms with Gasteiger partial charge in [-0.3, -0.25) is 19.3 Å². The summed E-state index contributed by atoms with van der Waals surface area (Å²) in [5.74, 6) is -0.642. The van der Waals surface area contributed by atoms with Gasteiger partial charge in [-0.1, -0.05) is 25.8 Å². The van der Waals surface area contributed by atoms with E-state index in [0.717, 1.165) is 45.4 Å². The molecule has 3 saturated heterocycles. The molecule has 0 saturated carbocycles. The van der Waals surface area contributed by atoms with Crippen molar-refractivity contribution in [2.75, 3.05) is 31.1 Å². The van der Waals surface area contributed by atoms with Crippen molar-refractivity contribution in [3.63, 3.8) is 0 Å². The highest BCUT2D eigenvalue weighted by Gasteiger charge is 2.37. The Bertz CT molecular complexity index is 801. The summed E-state index contributed by atoms with van der Waals surface area (Å²) in [4.78, 5) is 43.9. The number of carbonyl (C=O) groups is 3. The molecule has 3 fully saturated rings. The van der Waals surface area contributed by atoms with Crippen molar-refractivity contribution in [1.29, 1.82) is 0 Å². The van der Waals surface area contributed by atoms with E-state index in [0.29, 0.717) is 11.3 Å². The molecule has 2 atom stereocenters. The predicted octanol–water partition coefficient (Wildman–Crippen LogP) is 3.46. The van der Waals surface area contributed by atoms with Crippen molar-refractivity contribution in [3.05, 3.63) is 29.8 Å². The van der Waals surface area contributed by atoms with Gasteiger partial charge in [0, 0.05) is 37.0 Å². The number of hydrogen-bond donors (Lipinski definition) is 0. The van der Waals surface area contributed by atoms with E-state index in [-0.39, 0.29) is 36.1 Å². The number of nitrogens with zero attached hydrogens (tertiary/aromatic N) is 3. The maximum atomic E-state index is 13.4. The van der Waals surface area contributed by atoms with Gasteiger partial charge in [0.1, 0.15) is 0 Å². The largest absolute Gasteiger partial charge is 0.334 e. The van der Waals surface area contributed by atoms with Crippen LogP contribution in [0.2, 0.25) is 0 Å². The van der Waals surface area contributed by atoms with Crippen molar-refractivity contribution < 1.29 is 14.4 Å². The van der Waals surface area contributed by atoms with Crippen molar-refractivity contribution in [2.24, 2.45) is 5.92 Å². The SMILES string of the molecule is C[C@H]1CC(=O)N(c2cccc(C(=O)N3CCCC[C@H]3CN3CCCCCC3)c2)C1=O. The summed E-state index contributed by atoms with van der Waals surface area (Å²) >= 11 is 0. The summed E-state index contributed by atoms with van der Waals surface area (Å²) in [6.07, 6.45) is 8.59. The second-order valence-corrected chi connectivity index (χ2v) is 9.09. The quantitative estimate of drug-likeness (QED) is 0.712. The Labute approximate surface area is 179 Å². The van der Waals surface area contributed by atoms with Crippen LogP contribution in [0.5, 0.6) is 0 Å². The van der Waals surface area contributed by atoms with Crippen LogP contribution in [-0.4, -0.2) is 59.7 Å². The van der Waals surface area contributed by atoms with E-state index >= 15 is 0 Å². The zero-order valence-corrected chi connectivity index (χ0v) is 18.0. The lowest BCUT2D eigenvalue weighted by molar-refractivity contribution is -0.122. The van der Waals surface area contributed by atoms with Gasteiger partial charge in [0.15, 0.2) is 0 Å². The summed E-state index contributed by atoms with van der Waals surface area (Å²) in [6.45, 7) is 5.76. The van der Waals surface area contributed by atoms with Crippen molar-refractivity contribution in [2.45, 2.75) is 64.3 Å². The van der Waals surface area contributed by atoms with Crippen LogP contribution in [0.3, 0.4) is 0 Å². The number of amides is 3. The van der Waals surface area contributed by atoms with Gasteiger partial charge < -0.3 is 9.80 Å². The molecule has 0 aliphatic carbocycles. The number of carbonyl (C=O) groups excluding carboxylic acids is 3. The molecule has 3 amide bonds. The van der Waals surface area contributed by atoms with E-state index < -0.39 is 0 Å². The second kappa shape index (κ2) is 9.29. The summed E-state index contributed by atoms with van der Waals surface area (Å²) < 4.78 is 0. The van der Waals surface area contributed by atoms with E-state index in [9.17, 15) is 14.4 Å². The van der Waals surface area contributed by atoms with Gasteiger partial charge in [0.05, 0.1) is 5.69 Å². The minimum atomic E-state index is -0.294. The smallest absolute Gasteiger partial charge is 0.254 e. The number of anilines is 1. The first-order valence-corrected chi connectivity index (χ1v) is 11.5. The Morgan fingerprint density at radius 3 is 2.43 bits per heavy atom. The lowest BCUT2D eigenvalue weighted by atomic mass is 9.99. The van der Waals surface area contributed by atoms with Gasteiger partial charge in [0.2, 0.25) is 11.8 Å². The van der Waals surface area contributed by atoms with Crippen LogP contribution in [0.25, 0.3) is 0 Å². The average Bonchev–Trinajstić information content (AvgIpc) is 2.92. The second-order valence-electron chi connectivity index (χ2n) is 9.09. The Morgan fingerprint density at radius 2 is 1.73 bits per heavy atom. The van der Waals surface area contributed by atoms with E-state index in [1.54, 1.807) is 31.2 Å². The van der Waals surface area contributed by atoms with Crippen LogP contribution in [0.15, 0.2) is 24.3 Å². The fourth-order valence-electron chi connectivity index (χ4n) is 5.07. The summed E-state index contributed by atoms with van der Waals surface area (Å²) in [6, 6.07) is 7.28. The molecule has 162 valence electrons. The summed E-state index contributed by atoms with van der Waals surface area (Å²) in [7, 11) is 0. The van der Waals surface area contributed by atoms with Gasteiger partial charge in [-0.25, -0.2) is 0 Å². The molecule has 1 aromatic carbocycles. The standard InChI is InChI=1S/C24H33N3O3/c1-18-15-22(28)27(23(18)29)20-11-8-9-19(16-20)24(30)26-14-7-4-10-21(26)17-25-12-5-2-3-6-13-25/h8-9,11,16,18,21H,2-7,10,12-15,17H2,1H3/t18-,21-/m0/s1. The molecule has 0 N–H and O–H groups in total. The number of hydrogen-bond acceptors (Lipinski definition) is 4. The van der Waals surface area contributed by atoms with Crippen LogP contribution in [-0.2, 0) is 9.59 Å². The highest BCUT2D eigenvalue weighted by Crippen LogP contribution is 2.28. The molecule has 0 aromatic heterocycles. The molecule has 0 radical (unpaired) electrons. The van der Waals surface area contributed by atoms with E-state index in [1.165, 1.54) is 30.6 Å².